The van der Waals surface area contributed by atoms with Crippen LogP contribution in [0.4, 0.5) is 0 Å². The summed E-state index contributed by atoms with van der Waals surface area (Å²) in [5.41, 5.74) is 0.412. The third-order valence-electron chi connectivity index (χ3n) is 4.33. The van der Waals surface area contributed by atoms with Crippen molar-refractivity contribution in [1.82, 2.24) is 19.1 Å². The van der Waals surface area contributed by atoms with Crippen LogP contribution >= 0.6 is 0 Å². The molecule has 0 aliphatic carbocycles. The molecule has 7 nitrogen and oxygen atoms in total. The highest BCUT2D eigenvalue weighted by molar-refractivity contribution is 7.91. The molecular weight excluding hydrogens is 316 g/mol. The zero-order valence-corrected chi connectivity index (χ0v) is 14.1. The molecule has 0 N–H and O–H groups in total. The lowest BCUT2D eigenvalue weighted by Crippen LogP contribution is -2.41. The van der Waals surface area contributed by atoms with Crippen molar-refractivity contribution in [2.45, 2.75) is 38.9 Å². The molecule has 3 rings (SSSR count). The molecule has 2 aromatic heterocycles. The molecule has 1 aliphatic heterocycles. The first-order valence-electron chi connectivity index (χ1n) is 7.99. The van der Waals surface area contributed by atoms with Crippen LogP contribution in [0.25, 0.3) is 5.65 Å². The summed E-state index contributed by atoms with van der Waals surface area (Å²) in [5.74, 6) is 0.416. The second-order valence-corrected chi connectivity index (χ2v) is 8.30. The Morgan fingerprint density at radius 1 is 1.39 bits per heavy atom. The highest BCUT2D eigenvalue weighted by Crippen LogP contribution is 2.18. The summed E-state index contributed by atoms with van der Waals surface area (Å²) in [4.78, 5) is 14.5. The Balaban J connectivity index is 1.85. The van der Waals surface area contributed by atoms with E-state index in [1.807, 2.05) is 6.07 Å². The van der Waals surface area contributed by atoms with Crippen LogP contribution in [0.2, 0.25) is 0 Å². The molecule has 1 unspecified atom stereocenters. The van der Waals surface area contributed by atoms with Gasteiger partial charge < -0.3 is 0 Å². The standard InChI is InChI=1S/C15H22N4O3S/c1-2-3-8-17(13-7-10-23(21,22)11-13)12-19-15(20)18-9-5-4-6-14(18)16-19/h4-6,9,13H,2-3,7-8,10-12H2,1H3. The van der Waals surface area contributed by atoms with Crippen LogP contribution in [0.1, 0.15) is 26.2 Å². The summed E-state index contributed by atoms with van der Waals surface area (Å²) < 4.78 is 26.5. The van der Waals surface area contributed by atoms with Gasteiger partial charge in [0.15, 0.2) is 15.5 Å². The molecule has 1 saturated heterocycles. The predicted octanol–water partition coefficient (Wildman–Crippen LogP) is 0.743. The average molecular weight is 338 g/mol. The van der Waals surface area contributed by atoms with Crippen LogP contribution in [-0.2, 0) is 16.5 Å². The highest BCUT2D eigenvalue weighted by Gasteiger charge is 2.32. The number of hydrogen-bond donors (Lipinski definition) is 0. The summed E-state index contributed by atoms with van der Waals surface area (Å²) in [6.45, 7) is 3.21. The first kappa shape index (κ1) is 16.2. The van der Waals surface area contributed by atoms with E-state index in [0.717, 1.165) is 19.4 Å². The molecule has 0 radical (unpaired) electrons. The number of aromatic nitrogens is 3. The fraction of sp³-hybridized carbons (Fsp3) is 0.600. The molecule has 0 amide bonds. The molecule has 1 atom stereocenters. The number of pyridine rings is 1. The molecule has 0 saturated carbocycles. The SMILES string of the molecule is CCCCN(Cn1nc2ccccn2c1=O)C1CCS(=O)(=O)C1. The predicted molar refractivity (Wildman–Crippen MR) is 88.1 cm³/mol. The van der Waals surface area contributed by atoms with Crippen LogP contribution < -0.4 is 5.69 Å². The topological polar surface area (TPSA) is 76.7 Å². The van der Waals surface area contributed by atoms with Gasteiger partial charge in [0.25, 0.3) is 0 Å². The van der Waals surface area contributed by atoms with Gasteiger partial charge in [-0.05, 0) is 25.0 Å². The van der Waals surface area contributed by atoms with Gasteiger partial charge in [0.05, 0.1) is 18.2 Å². The summed E-state index contributed by atoms with van der Waals surface area (Å²) in [7, 11) is -2.95. The minimum atomic E-state index is -2.95. The van der Waals surface area contributed by atoms with E-state index in [0.29, 0.717) is 18.7 Å². The van der Waals surface area contributed by atoms with Crippen LogP contribution in [-0.4, -0.2) is 51.6 Å². The van der Waals surface area contributed by atoms with E-state index < -0.39 is 9.84 Å². The fourth-order valence-electron chi connectivity index (χ4n) is 3.03. The molecule has 0 aromatic carbocycles. The molecule has 3 heterocycles. The molecule has 1 fully saturated rings. The first-order chi connectivity index (χ1) is 11.0. The van der Waals surface area contributed by atoms with E-state index in [1.54, 1.807) is 18.3 Å². The number of nitrogens with zero attached hydrogens (tertiary/aromatic N) is 4. The van der Waals surface area contributed by atoms with Crippen LogP contribution in [0, 0.1) is 0 Å². The smallest absolute Gasteiger partial charge is 0.280 e. The monoisotopic (exact) mass is 338 g/mol. The Bertz CT molecular complexity index is 840. The van der Waals surface area contributed by atoms with Crippen molar-refractivity contribution in [2.75, 3.05) is 18.1 Å². The Morgan fingerprint density at radius 3 is 2.87 bits per heavy atom. The molecule has 126 valence electrons. The lowest BCUT2D eigenvalue weighted by Gasteiger charge is -2.27. The third-order valence-corrected chi connectivity index (χ3v) is 6.08. The number of hydrogen-bond acceptors (Lipinski definition) is 5. The van der Waals surface area contributed by atoms with Gasteiger partial charge in [0.1, 0.15) is 0 Å². The van der Waals surface area contributed by atoms with Gasteiger partial charge >= 0.3 is 5.69 Å². The first-order valence-corrected chi connectivity index (χ1v) is 9.81. The summed E-state index contributed by atoms with van der Waals surface area (Å²) in [6.07, 6.45) is 4.32. The van der Waals surface area contributed by atoms with Gasteiger partial charge in [-0.3, -0.25) is 9.30 Å². The summed E-state index contributed by atoms with van der Waals surface area (Å²) in [5, 5.41) is 4.34. The molecule has 1 aliphatic rings. The van der Waals surface area contributed by atoms with Crippen molar-refractivity contribution in [3.05, 3.63) is 34.9 Å². The molecule has 2 aromatic rings. The fourth-order valence-corrected chi connectivity index (χ4v) is 4.79. The number of fused-ring (bicyclic) bond motifs is 1. The molecule has 8 heteroatoms. The second-order valence-electron chi connectivity index (χ2n) is 6.08. The zero-order valence-electron chi connectivity index (χ0n) is 13.3. The van der Waals surface area contributed by atoms with Gasteiger partial charge in [-0.2, -0.15) is 4.68 Å². The average Bonchev–Trinajstić information content (AvgIpc) is 3.04. The minimum Gasteiger partial charge on any atom is -0.280 e. The van der Waals surface area contributed by atoms with Gasteiger partial charge in [0, 0.05) is 18.8 Å². The van der Waals surface area contributed by atoms with Crippen molar-refractivity contribution >= 4 is 15.5 Å². The molecule has 0 spiro atoms. The third kappa shape index (κ3) is 3.48. The maximum absolute atomic E-state index is 12.4. The Hall–Kier alpha value is -1.67. The van der Waals surface area contributed by atoms with Crippen molar-refractivity contribution in [1.29, 1.82) is 0 Å². The summed E-state index contributed by atoms with van der Waals surface area (Å²) >= 11 is 0. The van der Waals surface area contributed by atoms with Gasteiger partial charge in [-0.15, -0.1) is 5.10 Å². The van der Waals surface area contributed by atoms with E-state index in [-0.39, 0.29) is 23.2 Å². The molecular formula is C15H22N4O3S. The maximum atomic E-state index is 12.4. The van der Waals surface area contributed by atoms with Crippen LogP contribution in [0.5, 0.6) is 0 Å². The number of sulfone groups is 1. The number of unbranched alkanes of at least 4 members (excludes halogenated alkanes) is 1. The van der Waals surface area contributed by atoms with Gasteiger partial charge in [-0.1, -0.05) is 19.4 Å². The van der Waals surface area contributed by atoms with Crippen molar-refractivity contribution in [2.24, 2.45) is 0 Å². The zero-order chi connectivity index (χ0) is 16.4. The summed E-state index contributed by atoms with van der Waals surface area (Å²) in [6, 6.07) is 5.39. The minimum absolute atomic E-state index is 0.0248. The Kier molecular flexibility index (Phi) is 4.54. The number of rotatable bonds is 6. The maximum Gasteiger partial charge on any atom is 0.351 e. The van der Waals surface area contributed by atoms with E-state index in [1.165, 1.54) is 9.08 Å². The Labute approximate surface area is 135 Å². The van der Waals surface area contributed by atoms with Crippen molar-refractivity contribution in [3.8, 4) is 0 Å². The Morgan fingerprint density at radius 2 is 2.22 bits per heavy atom. The lowest BCUT2D eigenvalue weighted by molar-refractivity contribution is 0.151. The molecule has 23 heavy (non-hydrogen) atoms. The van der Waals surface area contributed by atoms with Gasteiger partial charge in [-0.25, -0.2) is 13.2 Å². The molecule has 0 bridgehead atoms. The normalized spacial score (nSPS) is 20.5. The highest BCUT2D eigenvalue weighted by atomic mass is 32.2. The van der Waals surface area contributed by atoms with E-state index in [4.69, 9.17) is 0 Å². The van der Waals surface area contributed by atoms with E-state index in [2.05, 4.69) is 16.9 Å². The van der Waals surface area contributed by atoms with E-state index in [9.17, 15) is 13.2 Å². The van der Waals surface area contributed by atoms with Crippen LogP contribution in [0.3, 0.4) is 0 Å². The van der Waals surface area contributed by atoms with Crippen molar-refractivity contribution in [3.63, 3.8) is 0 Å². The van der Waals surface area contributed by atoms with Crippen molar-refractivity contribution < 1.29 is 8.42 Å². The largest absolute Gasteiger partial charge is 0.351 e. The quantitative estimate of drug-likeness (QED) is 0.776. The second kappa shape index (κ2) is 6.45. The lowest BCUT2D eigenvalue weighted by atomic mass is 10.2. The van der Waals surface area contributed by atoms with Gasteiger partial charge in [0.2, 0.25) is 0 Å². The van der Waals surface area contributed by atoms with E-state index >= 15 is 0 Å². The van der Waals surface area contributed by atoms with Crippen LogP contribution in [0.15, 0.2) is 29.2 Å².